The zero-order valence-electron chi connectivity index (χ0n) is 7.49. The van der Waals surface area contributed by atoms with Crippen LogP contribution >= 0.6 is 0 Å². The van der Waals surface area contributed by atoms with E-state index in [2.05, 4.69) is 6.58 Å². The Bertz CT molecular complexity index is 284. The smallest absolute Gasteiger partial charge is 0.160 e. The Kier molecular flexibility index (Phi) is 5.48. The van der Waals surface area contributed by atoms with Gasteiger partial charge in [0.1, 0.15) is 0 Å². The van der Waals surface area contributed by atoms with Crippen LogP contribution in [0.4, 0.5) is 0 Å². The molecular formula is C10H12MoO2. The Hall–Kier alpha value is -0.752. The number of phenolic OH excluding ortho intramolecular Hbond substituents is 1. The van der Waals surface area contributed by atoms with E-state index < -0.39 is 0 Å². The molecule has 1 N–H and O–H groups in total. The Morgan fingerprint density at radius 2 is 2.23 bits per heavy atom. The van der Waals surface area contributed by atoms with Crippen molar-refractivity contribution in [3.05, 3.63) is 36.4 Å². The number of allylic oxidation sites excluding steroid dienone is 1. The van der Waals surface area contributed by atoms with E-state index in [9.17, 15) is 5.11 Å². The van der Waals surface area contributed by atoms with Crippen LogP contribution in [0.15, 0.2) is 30.9 Å². The van der Waals surface area contributed by atoms with Crippen molar-refractivity contribution in [2.75, 3.05) is 7.11 Å². The fourth-order valence-corrected chi connectivity index (χ4v) is 1.02. The van der Waals surface area contributed by atoms with E-state index in [-0.39, 0.29) is 26.8 Å². The van der Waals surface area contributed by atoms with Gasteiger partial charge in [0.05, 0.1) is 7.11 Å². The minimum atomic E-state index is 0. The summed E-state index contributed by atoms with van der Waals surface area (Å²) < 4.78 is 4.95. The second kappa shape index (κ2) is 5.82. The average Bonchev–Trinajstić information content (AvgIpc) is 2.09. The number of aromatic hydroxyl groups is 1. The van der Waals surface area contributed by atoms with Gasteiger partial charge in [0.25, 0.3) is 0 Å². The van der Waals surface area contributed by atoms with Crippen LogP contribution in [0.2, 0.25) is 0 Å². The second-order valence-electron chi connectivity index (χ2n) is 2.50. The molecule has 0 bridgehead atoms. The molecule has 0 aliphatic heterocycles. The van der Waals surface area contributed by atoms with Crippen molar-refractivity contribution in [2.24, 2.45) is 0 Å². The third kappa shape index (κ3) is 3.23. The summed E-state index contributed by atoms with van der Waals surface area (Å²) in [6.45, 7) is 3.63. The molecule has 0 aliphatic carbocycles. The minimum absolute atomic E-state index is 0. The Balaban J connectivity index is 0.00000144. The van der Waals surface area contributed by atoms with Crippen LogP contribution in [-0.2, 0) is 27.5 Å². The summed E-state index contributed by atoms with van der Waals surface area (Å²) in [5.74, 6) is 0.680. The average molecular weight is 260 g/mol. The Morgan fingerprint density at radius 1 is 1.54 bits per heavy atom. The summed E-state index contributed by atoms with van der Waals surface area (Å²) in [5, 5.41) is 9.25. The second-order valence-corrected chi connectivity index (χ2v) is 2.50. The van der Waals surface area contributed by atoms with Crippen molar-refractivity contribution >= 4 is 0 Å². The third-order valence-corrected chi connectivity index (χ3v) is 1.62. The van der Waals surface area contributed by atoms with Crippen molar-refractivity contribution in [3.63, 3.8) is 0 Å². The topological polar surface area (TPSA) is 29.5 Å². The zero-order chi connectivity index (χ0) is 8.97. The molecule has 2 nitrogen and oxygen atoms in total. The van der Waals surface area contributed by atoms with Crippen LogP contribution in [-0.4, -0.2) is 12.2 Å². The zero-order valence-corrected chi connectivity index (χ0v) is 9.49. The van der Waals surface area contributed by atoms with Crippen molar-refractivity contribution in [1.82, 2.24) is 0 Å². The molecule has 1 aromatic rings. The molecule has 0 unspecified atom stereocenters. The van der Waals surface area contributed by atoms with Gasteiger partial charge in [0.15, 0.2) is 11.5 Å². The first-order chi connectivity index (χ1) is 5.77. The fourth-order valence-electron chi connectivity index (χ4n) is 1.02. The molecule has 70 valence electrons. The number of ether oxygens (including phenoxy) is 1. The van der Waals surface area contributed by atoms with Gasteiger partial charge in [-0.25, -0.2) is 0 Å². The SMILES string of the molecule is C=CCc1ccc(O)c(OC)c1.[Mo]. The molecule has 0 aromatic heterocycles. The molecule has 0 aliphatic rings. The normalized spacial score (nSPS) is 8.69. The summed E-state index contributed by atoms with van der Waals surface area (Å²) >= 11 is 0. The number of phenols is 1. The maximum Gasteiger partial charge on any atom is 0.160 e. The molecule has 0 atom stereocenters. The minimum Gasteiger partial charge on any atom is -0.504 e. The molecular weight excluding hydrogens is 248 g/mol. The molecule has 13 heavy (non-hydrogen) atoms. The molecule has 0 fully saturated rings. The van der Waals surface area contributed by atoms with Crippen LogP contribution in [0.25, 0.3) is 0 Å². The summed E-state index contributed by atoms with van der Waals surface area (Å²) in [7, 11) is 1.53. The summed E-state index contributed by atoms with van der Waals surface area (Å²) in [4.78, 5) is 0. The summed E-state index contributed by atoms with van der Waals surface area (Å²) in [6.07, 6.45) is 2.60. The van der Waals surface area contributed by atoms with Gasteiger partial charge in [-0.2, -0.15) is 0 Å². The Labute approximate surface area is 92.5 Å². The quantitative estimate of drug-likeness (QED) is 0.666. The number of rotatable bonds is 3. The first-order valence-corrected chi connectivity index (χ1v) is 3.74. The van der Waals surface area contributed by atoms with E-state index in [1.807, 2.05) is 12.1 Å². The first kappa shape index (κ1) is 12.2. The van der Waals surface area contributed by atoms with Crippen LogP contribution in [0, 0.1) is 0 Å². The predicted octanol–water partition coefficient (Wildman–Crippen LogP) is 2.13. The van der Waals surface area contributed by atoms with E-state index in [0.717, 1.165) is 12.0 Å². The van der Waals surface area contributed by atoms with Crippen LogP contribution < -0.4 is 4.74 Å². The molecule has 0 saturated heterocycles. The predicted molar refractivity (Wildman–Crippen MR) is 48.6 cm³/mol. The van der Waals surface area contributed by atoms with E-state index in [1.165, 1.54) is 7.11 Å². The van der Waals surface area contributed by atoms with E-state index in [1.54, 1.807) is 12.1 Å². The van der Waals surface area contributed by atoms with Gasteiger partial charge in [-0.1, -0.05) is 12.1 Å². The standard InChI is InChI=1S/C10H12O2.Mo/c1-3-4-8-5-6-9(11)10(7-8)12-2;/h3,5-7,11H,1,4H2,2H3;. The van der Waals surface area contributed by atoms with E-state index in [0.29, 0.717) is 5.75 Å². The third-order valence-electron chi connectivity index (χ3n) is 1.62. The monoisotopic (exact) mass is 262 g/mol. The van der Waals surface area contributed by atoms with Gasteiger partial charge >= 0.3 is 0 Å². The van der Waals surface area contributed by atoms with Crippen molar-refractivity contribution in [3.8, 4) is 11.5 Å². The molecule has 1 rings (SSSR count). The molecule has 0 spiro atoms. The van der Waals surface area contributed by atoms with Gasteiger partial charge in [0, 0.05) is 21.1 Å². The molecule has 0 radical (unpaired) electrons. The van der Waals surface area contributed by atoms with Gasteiger partial charge in [-0.3, -0.25) is 0 Å². The maximum atomic E-state index is 9.25. The number of hydrogen-bond donors (Lipinski definition) is 1. The van der Waals surface area contributed by atoms with Gasteiger partial charge in [-0.15, -0.1) is 6.58 Å². The maximum absolute atomic E-state index is 9.25. The van der Waals surface area contributed by atoms with Gasteiger partial charge < -0.3 is 9.84 Å². The molecule has 0 heterocycles. The van der Waals surface area contributed by atoms with E-state index >= 15 is 0 Å². The number of benzene rings is 1. The summed E-state index contributed by atoms with van der Waals surface area (Å²) in [5.41, 5.74) is 1.08. The van der Waals surface area contributed by atoms with Crippen LogP contribution in [0.3, 0.4) is 0 Å². The number of hydrogen-bond acceptors (Lipinski definition) is 2. The molecule has 3 heteroatoms. The fraction of sp³-hybridized carbons (Fsp3) is 0.200. The molecule has 0 saturated carbocycles. The summed E-state index contributed by atoms with van der Waals surface area (Å²) in [6, 6.07) is 5.27. The van der Waals surface area contributed by atoms with Crippen LogP contribution in [0.5, 0.6) is 11.5 Å². The largest absolute Gasteiger partial charge is 0.504 e. The molecule has 0 amide bonds. The van der Waals surface area contributed by atoms with Crippen molar-refractivity contribution in [2.45, 2.75) is 6.42 Å². The van der Waals surface area contributed by atoms with Crippen molar-refractivity contribution in [1.29, 1.82) is 0 Å². The van der Waals surface area contributed by atoms with Crippen molar-refractivity contribution < 1.29 is 30.9 Å². The first-order valence-electron chi connectivity index (χ1n) is 3.74. The van der Waals surface area contributed by atoms with E-state index in [4.69, 9.17) is 4.74 Å². The van der Waals surface area contributed by atoms with Gasteiger partial charge in [-0.05, 0) is 24.1 Å². The Morgan fingerprint density at radius 3 is 2.77 bits per heavy atom. The van der Waals surface area contributed by atoms with Gasteiger partial charge in [0.2, 0.25) is 0 Å². The van der Waals surface area contributed by atoms with Crippen LogP contribution in [0.1, 0.15) is 5.56 Å². The molecule has 1 aromatic carbocycles. The number of methoxy groups -OCH3 is 1.